The zero-order chi connectivity index (χ0) is 29.0. The van der Waals surface area contributed by atoms with E-state index in [0.29, 0.717) is 37.6 Å². The van der Waals surface area contributed by atoms with Crippen LogP contribution in [0.1, 0.15) is 79.1 Å². The van der Waals surface area contributed by atoms with Crippen LogP contribution in [0.4, 0.5) is 22.7 Å². The average molecular weight is 563 g/mol. The lowest BCUT2D eigenvalue weighted by atomic mass is 10.2. The summed E-state index contributed by atoms with van der Waals surface area (Å²) in [4.78, 5) is 26.2. The molecule has 2 rings (SSSR count). The predicted molar refractivity (Wildman–Crippen MR) is 156 cm³/mol. The Morgan fingerprint density at radius 3 is 1.18 bits per heavy atom. The van der Waals surface area contributed by atoms with E-state index in [2.05, 4.69) is 0 Å². The first-order valence-corrected chi connectivity index (χ1v) is 15.4. The SMILES string of the molecule is CCCCN(CCCC)c1ccc(S(=O)(=O)c2ccc(N(CCCC)CCCC)c([N+](=O)[O-])c2)cc1[N+](=O)[O-]. The molecule has 10 nitrogen and oxygen atoms in total. The zero-order valence-electron chi connectivity index (χ0n) is 23.6. The Labute approximate surface area is 232 Å². The molecule has 0 saturated heterocycles. The molecule has 2 aromatic rings. The Kier molecular flexibility index (Phi) is 12.6. The molecule has 0 heterocycles. The van der Waals surface area contributed by atoms with Crippen molar-refractivity contribution in [1.82, 2.24) is 0 Å². The van der Waals surface area contributed by atoms with Gasteiger partial charge in [-0.15, -0.1) is 0 Å². The van der Waals surface area contributed by atoms with E-state index in [1.165, 1.54) is 24.3 Å². The summed E-state index contributed by atoms with van der Waals surface area (Å²) in [5.41, 5.74) is 0.175. The van der Waals surface area contributed by atoms with Crippen LogP contribution in [0.3, 0.4) is 0 Å². The number of benzene rings is 2. The summed E-state index contributed by atoms with van der Waals surface area (Å²) < 4.78 is 27.1. The van der Waals surface area contributed by atoms with Crippen molar-refractivity contribution in [1.29, 1.82) is 0 Å². The maximum absolute atomic E-state index is 13.6. The second-order valence-corrected chi connectivity index (χ2v) is 11.7. The molecule has 11 heteroatoms. The number of nitro groups is 2. The van der Waals surface area contributed by atoms with Crippen LogP contribution in [0.2, 0.25) is 0 Å². The summed E-state index contributed by atoms with van der Waals surface area (Å²) in [7, 11) is -4.25. The predicted octanol–water partition coefficient (Wildman–Crippen LogP) is 7.15. The van der Waals surface area contributed by atoms with Gasteiger partial charge in [-0.1, -0.05) is 53.4 Å². The molecule has 0 aliphatic heterocycles. The molecule has 0 unspecified atom stereocenters. The highest BCUT2D eigenvalue weighted by Gasteiger charge is 2.28. The van der Waals surface area contributed by atoms with E-state index < -0.39 is 19.7 Å². The first kappa shape index (κ1) is 32.0. The molecule has 0 aliphatic carbocycles. The van der Waals surface area contributed by atoms with Gasteiger partial charge in [0.05, 0.1) is 19.6 Å². The van der Waals surface area contributed by atoms with Crippen LogP contribution in [0.25, 0.3) is 0 Å². The van der Waals surface area contributed by atoms with Gasteiger partial charge in [-0.25, -0.2) is 8.42 Å². The number of nitrogens with zero attached hydrogens (tertiary/aromatic N) is 4. The Morgan fingerprint density at radius 1 is 0.615 bits per heavy atom. The van der Waals surface area contributed by atoms with E-state index in [1.54, 1.807) is 0 Å². The van der Waals surface area contributed by atoms with Gasteiger partial charge in [0, 0.05) is 38.3 Å². The van der Waals surface area contributed by atoms with E-state index in [0.717, 1.165) is 63.5 Å². The molecular formula is C28H42N4O6S. The molecule has 0 fully saturated rings. The van der Waals surface area contributed by atoms with Crippen molar-refractivity contribution in [3.8, 4) is 0 Å². The van der Waals surface area contributed by atoms with Crippen molar-refractivity contribution < 1.29 is 18.3 Å². The lowest BCUT2D eigenvalue weighted by molar-refractivity contribution is -0.384. The lowest BCUT2D eigenvalue weighted by Crippen LogP contribution is -2.26. The summed E-state index contributed by atoms with van der Waals surface area (Å²) in [6, 6.07) is 7.83. The van der Waals surface area contributed by atoms with E-state index in [-0.39, 0.29) is 21.2 Å². The Bertz CT molecular complexity index is 1120. The molecule has 0 aliphatic rings. The molecule has 0 bridgehead atoms. The fraction of sp³-hybridized carbons (Fsp3) is 0.571. The number of rotatable bonds is 18. The van der Waals surface area contributed by atoms with Crippen LogP contribution in [0.15, 0.2) is 46.2 Å². The van der Waals surface area contributed by atoms with E-state index in [1.807, 2.05) is 37.5 Å². The topological polar surface area (TPSA) is 127 Å². The third-order valence-electron chi connectivity index (χ3n) is 6.72. The average Bonchev–Trinajstić information content (AvgIpc) is 2.92. The van der Waals surface area contributed by atoms with Crippen LogP contribution in [0.5, 0.6) is 0 Å². The van der Waals surface area contributed by atoms with Gasteiger partial charge >= 0.3 is 0 Å². The second kappa shape index (κ2) is 15.4. The summed E-state index contributed by atoms with van der Waals surface area (Å²) in [6.45, 7) is 10.7. The molecule has 216 valence electrons. The summed E-state index contributed by atoms with van der Waals surface area (Å²) in [5, 5.41) is 24.0. The molecule has 0 atom stereocenters. The van der Waals surface area contributed by atoms with Crippen molar-refractivity contribution in [3.05, 3.63) is 56.6 Å². The summed E-state index contributed by atoms with van der Waals surface area (Å²) in [5.74, 6) is 0. The highest BCUT2D eigenvalue weighted by Crippen LogP contribution is 2.36. The van der Waals surface area contributed by atoms with Crippen molar-refractivity contribution in [2.45, 2.75) is 88.9 Å². The smallest absolute Gasteiger partial charge is 0.293 e. The highest BCUT2D eigenvalue weighted by molar-refractivity contribution is 7.91. The van der Waals surface area contributed by atoms with Crippen LogP contribution in [-0.4, -0.2) is 44.4 Å². The van der Waals surface area contributed by atoms with Gasteiger partial charge in [0.1, 0.15) is 11.4 Å². The molecule has 0 aromatic heterocycles. The largest absolute Gasteiger partial charge is 0.366 e. The quantitative estimate of drug-likeness (QED) is 0.138. The normalized spacial score (nSPS) is 11.4. The minimum absolute atomic E-state index is 0.264. The van der Waals surface area contributed by atoms with Crippen LogP contribution in [0, 0.1) is 20.2 Å². The van der Waals surface area contributed by atoms with Crippen molar-refractivity contribution in [2.24, 2.45) is 0 Å². The Balaban J connectivity index is 2.56. The number of nitro benzene ring substituents is 2. The fourth-order valence-corrected chi connectivity index (χ4v) is 5.71. The van der Waals surface area contributed by atoms with E-state index >= 15 is 0 Å². The lowest BCUT2D eigenvalue weighted by Gasteiger charge is -2.25. The number of anilines is 2. The standard InChI is InChI=1S/C28H42N4O6S/c1-5-9-17-29(18-10-6-2)25-15-13-23(21-27(25)31(33)34)39(37,38)24-14-16-26(28(22-24)32(35)36)30(19-11-7-3)20-12-8-4/h13-16,21-22H,5-12,17-20H2,1-4H3. The maximum Gasteiger partial charge on any atom is 0.293 e. The van der Waals surface area contributed by atoms with E-state index in [9.17, 15) is 28.6 Å². The molecule has 2 aromatic carbocycles. The zero-order valence-corrected chi connectivity index (χ0v) is 24.4. The second-order valence-electron chi connectivity index (χ2n) is 9.71. The monoisotopic (exact) mass is 562 g/mol. The third-order valence-corrected chi connectivity index (χ3v) is 8.46. The van der Waals surface area contributed by atoms with Gasteiger partial charge in [0.2, 0.25) is 9.84 Å². The molecule has 0 spiro atoms. The van der Waals surface area contributed by atoms with Crippen LogP contribution in [-0.2, 0) is 9.84 Å². The first-order valence-electron chi connectivity index (χ1n) is 13.9. The summed E-state index contributed by atoms with van der Waals surface area (Å²) >= 11 is 0. The maximum atomic E-state index is 13.6. The summed E-state index contributed by atoms with van der Waals surface area (Å²) in [6.07, 6.45) is 7.10. The first-order chi connectivity index (χ1) is 18.6. The Morgan fingerprint density at radius 2 is 0.923 bits per heavy atom. The van der Waals surface area contributed by atoms with Gasteiger partial charge in [-0.3, -0.25) is 20.2 Å². The number of hydrogen-bond acceptors (Lipinski definition) is 8. The third kappa shape index (κ3) is 8.39. The van der Waals surface area contributed by atoms with Crippen molar-refractivity contribution in [3.63, 3.8) is 0 Å². The number of sulfone groups is 1. The van der Waals surface area contributed by atoms with Gasteiger partial charge < -0.3 is 9.80 Å². The molecular weight excluding hydrogens is 520 g/mol. The fourth-order valence-electron chi connectivity index (χ4n) is 4.41. The minimum Gasteiger partial charge on any atom is -0.366 e. The van der Waals surface area contributed by atoms with Crippen LogP contribution >= 0.6 is 0 Å². The van der Waals surface area contributed by atoms with E-state index in [4.69, 9.17) is 0 Å². The van der Waals surface area contributed by atoms with Gasteiger partial charge in [-0.05, 0) is 49.9 Å². The highest BCUT2D eigenvalue weighted by atomic mass is 32.2. The van der Waals surface area contributed by atoms with Gasteiger partial charge in [-0.2, -0.15) is 0 Å². The number of unbranched alkanes of at least 4 members (excludes halogenated alkanes) is 4. The molecule has 0 N–H and O–H groups in total. The van der Waals surface area contributed by atoms with Crippen molar-refractivity contribution in [2.75, 3.05) is 36.0 Å². The minimum atomic E-state index is -4.25. The number of hydrogen-bond donors (Lipinski definition) is 0. The Hall–Kier alpha value is -3.21. The van der Waals surface area contributed by atoms with Gasteiger partial charge in [0.15, 0.2) is 0 Å². The van der Waals surface area contributed by atoms with Gasteiger partial charge in [0.25, 0.3) is 11.4 Å². The van der Waals surface area contributed by atoms with Crippen LogP contribution < -0.4 is 9.80 Å². The van der Waals surface area contributed by atoms with Crippen molar-refractivity contribution >= 4 is 32.6 Å². The molecule has 39 heavy (non-hydrogen) atoms. The molecule has 0 radical (unpaired) electrons. The molecule has 0 saturated carbocycles. The molecule has 0 amide bonds.